The number of nitrogens with one attached hydrogen (secondary N) is 3. The van der Waals surface area contributed by atoms with Crippen molar-refractivity contribution in [3.8, 4) is 0 Å². The van der Waals surface area contributed by atoms with Crippen LogP contribution in [-0.2, 0) is 4.79 Å². The summed E-state index contributed by atoms with van der Waals surface area (Å²) in [6.07, 6.45) is 2.19. The van der Waals surface area contributed by atoms with Gasteiger partial charge in [-0.1, -0.05) is 50.2 Å². The third-order valence-electron chi connectivity index (χ3n) is 4.48. The van der Waals surface area contributed by atoms with Crippen LogP contribution in [0.15, 0.2) is 53.6 Å². The molecule has 1 fully saturated rings. The van der Waals surface area contributed by atoms with Crippen LogP contribution in [0.5, 0.6) is 0 Å². The molecule has 0 aliphatic carbocycles. The summed E-state index contributed by atoms with van der Waals surface area (Å²) in [4.78, 5) is 12.2. The fraction of sp³-hybridized carbons (Fsp3) is 0.300. The zero-order chi connectivity index (χ0) is 18.5. The third-order valence-corrected chi connectivity index (χ3v) is 4.48. The molecule has 0 spiro atoms. The van der Waals surface area contributed by atoms with Gasteiger partial charge in [-0.2, -0.15) is 5.10 Å². The molecule has 1 aliphatic heterocycles. The van der Waals surface area contributed by atoms with Gasteiger partial charge in [-0.3, -0.25) is 4.79 Å². The van der Waals surface area contributed by atoms with Gasteiger partial charge < -0.3 is 0 Å². The number of hydrogen-bond acceptors (Lipinski definition) is 4. The zero-order valence-electron chi connectivity index (χ0n) is 14.9. The normalized spacial score (nSPS) is 20.0. The van der Waals surface area contributed by atoms with Crippen molar-refractivity contribution in [3.05, 3.63) is 71.0 Å². The number of hydrazine groups is 1. The second-order valence-corrected chi connectivity index (χ2v) is 6.74. The summed E-state index contributed by atoms with van der Waals surface area (Å²) >= 11 is 0. The Kier molecular flexibility index (Phi) is 5.75. The topological polar surface area (TPSA) is 65.5 Å². The molecule has 3 rings (SSSR count). The van der Waals surface area contributed by atoms with Gasteiger partial charge in [0.25, 0.3) is 5.91 Å². The van der Waals surface area contributed by atoms with E-state index in [1.54, 1.807) is 18.3 Å². The van der Waals surface area contributed by atoms with Crippen LogP contribution in [0.25, 0.3) is 0 Å². The molecule has 2 atom stereocenters. The van der Waals surface area contributed by atoms with E-state index < -0.39 is 6.04 Å². The first-order valence-corrected chi connectivity index (χ1v) is 8.72. The summed E-state index contributed by atoms with van der Waals surface area (Å²) in [7, 11) is 0. The average Bonchev–Trinajstić information content (AvgIpc) is 3.13. The predicted octanol–water partition coefficient (Wildman–Crippen LogP) is 3.01. The molecule has 6 heteroatoms. The molecule has 26 heavy (non-hydrogen) atoms. The van der Waals surface area contributed by atoms with Crippen molar-refractivity contribution in [1.29, 1.82) is 0 Å². The number of carbonyl (C=O) groups excluding carboxylic acids is 1. The highest BCUT2D eigenvalue weighted by atomic mass is 19.1. The standard InChI is InChI=1S/C20H23FN4O/c1-13(2)15-5-3-14(4-6-15)12-22-25-20(26)19-11-18(23-24-19)16-7-9-17(21)10-8-16/h3-10,12-13,18-19,23-24H,11H2,1-2H3,(H,25,26)/b22-12+. The van der Waals surface area contributed by atoms with Crippen LogP contribution in [0.3, 0.4) is 0 Å². The maximum Gasteiger partial charge on any atom is 0.258 e. The molecular formula is C20H23FN4O. The Labute approximate surface area is 152 Å². The maximum absolute atomic E-state index is 13.0. The van der Waals surface area contributed by atoms with Crippen molar-refractivity contribution in [1.82, 2.24) is 16.3 Å². The summed E-state index contributed by atoms with van der Waals surface area (Å²) in [5.41, 5.74) is 11.7. The summed E-state index contributed by atoms with van der Waals surface area (Å²) < 4.78 is 13.0. The molecule has 2 aromatic carbocycles. The Morgan fingerprint density at radius 1 is 1.15 bits per heavy atom. The Hall–Kier alpha value is -2.57. The van der Waals surface area contributed by atoms with E-state index >= 15 is 0 Å². The minimum absolute atomic E-state index is 0.0427. The maximum atomic E-state index is 13.0. The van der Waals surface area contributed by atoms with E-state index in [9.17, 15) is 9.18 Å². The Bertz CT molecular complexity index is 771. The fourth-order valence-corrected chi connectivity index (χ4v) is 2.86. The van der Waals surface area contributed by atoms with Crippen molar-refractivity contribution in [3.63, 3.8) is 0 Å². The van der Waals surface area contributed by atoms with Crippen LogP contribution in [0.4, 0.5) is 4.39 Å². The van der Waals surface area contributed by atoms with Gasteiger partial charge in [-0.25, -0.2) is 20.7 Å². The van der Waals surface area contributed by atoms with Crippen molar-refractivity contribution >= 4 is 12.1 Å². The molecule has 1 amide bonds. The molecule has 0 bridgehead atoms. The number of hydrogen-bond donors (Lipinski definition) is 3. The molecule has 1 saturated heterocycles. The monoisotopic (exact) mass is 354 g/mol. The minimum atomic E-state index is -0.398. The first kappa shape index (κ1) is 18.2. The van der Waals surface area contributed by atoms with Gasteiger partial charge >= 0.3 is 0 Å². The van der Waals surface area contributed by atoms with Gasteiger partial charge in [-0.05, 0) is 41.2 Å². The molecule has 2 unspecified atom stereocenters. The highest BCUT2D eigenvalue weighted by Crippen LogP contribution is 2.22. The molecular weight excluding hydrogens is 331 g/mol. The lowest BCUT2D eigenvalue weighted by atomic mass is 10.0. The number of rotatable bonds is 5. The molecule has 2 aromatic rings. The SMILES string of the molecule is CC(C)c1ccc(/C=N/NC(=O)C2CC(c3ccc(F)cc3)NN2)cc1. The number of nitrogens with zero attached hydrogens (tertiary/aromatic N) is 1. The first-order chi connectivity index (χ1) is 12.5. The van der Waals surface area contributed by atoms with Gasteiger partial charge in [0.05, 0.1) is 6.21 Å². The van der Waals surface area contributed by atoms with E-state index in [1.807, 2.05) is 12.1 Å². The lowest BCUT2D eigenvalue weighted by Crippen LogP contribution is -2.41. The van der Waals surface area contributed by atoms with Crippen molar-refractivity contribution in [2.24, 2.45) is 5.10 Å². The molecule has 136 valence electrons. The van der Waals surface area contributed by atoms with E-state index in [4.69, 9.17) is 0 Å². The van der Waals surface area contributed by atoms with E-state index in [-0.39, 0.29) is 17.8 Å². The number of benzene rings is 2. The quantitative estimate of drug-likeness (QED) is 0.571. The second kappa shape index (κ2) is 8.21. The average molecular weight is 354 g/mol. The highest BCUT2D eigenvalue weighted by Gasteiger charge is 2.29. The minimum Gasteiger partial charge on any atom is -0.271 e. The van der Waals surface area contributed by atoms with Crippen molar-refractivity contribution < 1.29 is 9.18 Å². The molecule has 0 aromatic heterocycles. The van der Waals surface area contributed by atoms with Gasteiger partial charge in [0, 0.05) is 6.04 Å². The van der Waals surface area contributed by atoms with E-state index in [1.165, 1.54) is 17.7 Å². The van der Waals surface area contributed by atoms with E-state index in [0.29, 0.717) is 12.3 Å². The van der Waals surface area contributed by atoms with Gasteiger partial charge in [0.1, 0.15) is 11.9 Å². The van der Waals surface area contributed by atoms with Gasteiger partial charge in [0.2, 0.25) is 0 Å². The predicted molar refractivity (Wildman–Crippen MR) is 100 cm³/mol. The molecule has 5 nitrogen and oxygen atoms in total. The highest BCUT2D eigenvalue weighted by molar-refractivity contribution is 5.85. The Balaban J connectivity index is 1.51. The second-order valence-electron chi connectivity index (χ2n) is 6.74. The van der Waals surface area contributed by atoms with Crippen molar-refractivity contribution in [2.75, 3.05) is 0 Å². The number of amides is 1. The van der Waals surface area contributed by atoms with Crippen LogP contribution in [-0.4, -0.2) is 18.2 Å². The largest absolute Gasteiger partial charge is 0.271 e. The number of halogens is 1. The van der Waals surface area contributed by atoms with E-state index in [2.05, 4.69) is 47.4 Å². The van der Waals surface area contributed by atoms with Crippen LogP contribution >= 0.6 is 0 Å². The van der Waals surface area contributed by atoms with Crippen LogP contribution < -0.4 is 16.3 Å². The summed E-state index contributed by atoms with van der Waals surface area (Å²) in [6.45, 7) is 4.29. The summed E-state index contributed by atoms with van der Waals surface area (Å²) in [5, 5.41) is 4.03. The summed E-state index contributed by atoms with van der Waals surface area (Å²) in [5.74, 6) is -0.00221. The Morgan fingerprint density at radius 2 is 1.85 bits per heavy atom. The third kappa shape index (κ3) is 4.53. The van der Waals surface area contributed by atoms with Crippen molar-refractivity contribution in [2.45, 2.75) is 38.3 Å². The lowest BCUT2D eigenvalue weighted by molar-refractivity contribution is -0.122. The van der Waals surface area contributed by atoms with Crippen LogP contribution in [0.1, 0.15) is 48.9 Å². The van der Waals surface area contributed by atoms with E-state index in [0.717, 1.165) is 11.1 Å². The molecule has 0 saturated carbocycles. The van der Waals surface area contributed by atoms with Gasteiger partial charge in [0.15, 0.2) is 0 Å². The molecule has 0 radical (unpaired) electrons. The Morgan fingerprint density at radius 3 is 2.50 bits per heavy atom. The smallest absolute Gasteiger partial charge is 0.258 e. The lowest BCUT2D eigenvalue weighted by Gasteiger charge is -2.09. The summed E-state index contributed by atoms with van der Waals surface area (Å²) in [6, 6.07) is 13.9. The fourth-order valence-electron chi connectivity index (χ4n) is 2.86. The van der Waals surface area contributed by atoms with Crippen LogP contribution in [0.2, 0.25) is 0 Å². The molecule has 1 aliphatic rings. The number of hydrazone groups is 1. The zero-order valence-corrected chi connectivity index (χ0v) is 14.9. The number of carbonyl (C=O) groups is 1. The molecule has 1 heterocycles. The van der Waals surface area contributed by atoms with Crippen LogP contribution in [0, 0.1) is 5.82 Å². The first-order valence-electron chi connectivity index (χ1n) is 8.72. The molecule has 3 N–H and O–H groups in total. The van der Waals surface area contributed by atoms with Gasteiger partial charge in [-0.15, -0.1) is 0 Å².